The molecule has 1 aliphatic rings. The van der Waals surface area contributed by atoms with Crippen LogP contribution in [0.5, 0.6) is 0 Å². The minimum Gasteiger partial charge on any atom is -0.330 e. The van der Waals surface area contributed by atoms with E-state index in [1.165, 1.54) is 32.1 Å². The van der Waals surface area contributed by atoms with E-state index in [1.54, 1.807) is 0 Å². The molecule has 60 valence electrons. The van der Waals surface area contributed by atoms with E-state index in [4.69, 9.17) is 4.55 Å². The molecule has 1 saturated carbocycles. The van der Waals surface area contributed by atoms with E-state index >= 15 is 0 Å². The summed E-state index contributed by atoms with van der Waals surface area (Å²) in [5.74, 6) is 0.924. The Kier molecular flexibility index (Phi) is 3.05. The maximum atomic E-state index is 8.70. The molecule has 0 amide bonds. The molecule has 0 aromatic heterocycles. The van der Waals surface area contributed by atoms with E-state index in [1.807, 2.05) is 0 Å². The third-order valence-electron chi connectivity index (χ3n) is 2.47. The Hall–Kier alpha value is 0.310. The van der Waals surface area contributed by atoms with Gasteiger partial charge in [0, 0.05) is 5.75 Å². The molecule has 0 saturated heterocycles. The van der Waals surface area contributed by atoms with Gasteiger partial charge in [0.05, 0.1) is 0 Å². The van der Waals surface area contributed by atoms with Crippen molar-refractivity contribution in [3.05, 3.63) is 0 Å². The second-order valence-corrected chi connectivity index (χ2v) is 4.19. The number of hydrogen-bond donors (Lipinski definition) is 1. The van der Waals surface area contributed by atoms with Gasteiger partial charge in [0.15, 0.2) is 0 Å². The lowest BCUT2D eigenvalue weighted by Gasteiger charge is -2.32. The molecular weight excluding hydrogens is 144 g/mol. The van der Waals surface area contributed by atoms with Gasteiger partial charge in [0.1, 0.15) is 0 Å². The van der Waals surface area contributed by atoms with E-state index in [2.05, 4.69) is 6.92 Å². The highest BCUT2D eigenvalue weighted by atomic mass is 32.2. The van der Waals surface area contributed by atoms with Crippen LogP contribution in [-0.4, -0.2) is 10.3 Å². The minimum absolute atomic E-state index is 0.442. The molecule has 10 heavy (non-hydrogen) atoms. The number of rotatable bonds is 2. The van der Waals surface area contributed by atoms with Crippen molar-refractivity contribution in [1.82, 2.24) is 0 Å². The highest BCUT2D eigenvalue weighted by Crippen LogP contribution is 2.37. The lowest BCUT2D eigenvalue weighted by Crippen LogP contribution is -2.22. The van der Waals surface area contributed by atoms with Crippen molar-refractivity contribution in [2.45, 2.75) is 39.0 Å². The van der Waals surface area contributed by atoms with Crippen LogP contribution in [0.1, 0.15) is 39.0 Å². The van der Waals surface area contributed by atoms with Crippen LogP contribution < -0.4 is 0 Å². The van der Waals surface area contributed by atoms with Crippen molar-refractivity contribution >= 4 is 12.0 Å². The van der Waals surface area contributed by atoms with E-state index in [9.17, 15) is 0 Å². The fourth-order valence-electron chi connectivity index (χ4n) is 1.71. The zero-order valence-electron chi connectivity index (χ0n) is 6.60. The highest BCUT2D eigenvalue weighted by Gasteiger charge is 2.26. The molecule has 0 aromatic rings. The topological polar surface area (TPSA) is 20.2 Å². The second kappa shape index (κ2) is 3.63. The summed E-state index contributed by atoms with van der Waals surface area (Å²) >= 11 is 1.01. The van der Waals surface area contributed by atoms with Gasteiger partial charge in [0.25, 0.3) is 0 Å². The van der Waals surface area contributed by atoms with Gasteiger partial charge in [0.2, 0.25) is 0 Å². The van der Waals surface area contributed by atoms with Crippen LogP contribution in [0.15, 0.2) is 0 Å². The van der Waals surface area contributed by atoms with Crippen molar-refractivity contribution in [3.63, 3.8) is 0 Å². The Bertz CT molecular complexity index is 91.9. The molecule has 1 fully saturated rings. The largest absolute Gasteiger partial charge is 0.330 e. The fraction of sp³-hybridized carbons (Fsp3) is 1.00. The molecule has 1 nitrogen and oxygen atoms in total. The van der Waals surface area contributed by atoms with Gasteiger partial charge in [-0.3, -0.25) is 0 Å². The molecule has 1 rings (SSSR count). The van der Waals surface area contributed by atoms with Gasteiger partial charge >= 0.3 is 0 Å². The average molecular weight is 160 g/mol. The third-order valence-corrected chi connectivity index (χ3v) is 3.30. The van der Waals surface area contributed by atoms with Crippen LogP contribution in [-0.2, 0) is 0 Å². The van der Waals surface area contributed by atoms with Gasteiger partial charge in [-0.25, -0.2) is 0 Å². The van der Waals surface area contributed by atoms with E-state index in [0.717, 1.165) is 17.8 Å². The summed E-state index contributed by atoms with van der Waals surface area (Å²) in [6, 6.07) is 0. The summed E-state index contributed by atoms with van der Waals surface area (Å²) in [5.41, 5.74) is 0.442. The summed E-state index contributed by atoms with van der Waals surface area (Å²) in [4.78, 5) is 0. The molecule has 0 bridgehead atoms. The van der Waals surface area contributed by atoms with Crippen LogP contribution in [0.2, 0.25) is 0 Å². The molecule has 0 spiro atoms. The van der Waals surface area contributed by atoms with Crippen molar-refractivity contribution < 1.29 is 4.55 Å². The van der Waals surface area contributed by atoms with Gasteiger partial charge in [-0.15, -0.1) is 0 Å². The molecule has 0 aliphatic heterocycles. The van der Waals surface area contributed by atoms with Crippen LogP contribution in [0.4, 0.5) is 0 Å². The molecular formula is C8H16OS. The van der Waals surface area contributed by atoms with Crippen LogP contribution >= 0.6 is 12.0 Å². The molecule has 0 atom stereocenters. The van der Waals surface area contributed by atoms with Crippen LogP contribution in [0.25, 0.3) is 0 Å². The zero-order chi connectivity index (χ0) is 7.45. The van der Waals surface area contributed by atoms with Crippen molar-refractivity contribution in [3.8, 4) is 0 Å². The first-order valence-electron chi connectivity index (χ1n) is 4.03. The van der Waals surface area contributed by atoms with Crippen LogP contribution in [0, 0.1) is 5.41 Å². The average Bonchev–Trinajstić information content (AvgIpc) is 1.89. The monoisotopic (exact) mass is 160 g/mol. The Labute approximate surface area is 67.4 Å². The van der Waals surface area contributed by atoms with Gasteiger partial charge in [-0.2, -0.15) is 0 Å². The minimum atomic E-state index is 0.442. The Morgan fingerprint density at radius 3 is 2.40 bits per heavy atom. The zero-order valence-corrected chi connectivity index (χ0v) is 7.41. The first-order valence-corrected chi connectivity index (χ1v) is 4.97. The highest BCUT2D eigenvalue weighted by molar-refractivity contribution is 7.93. The van der Waals surface area contributed by atoms with E-state index in [0.29, 0.717) is 5.41 Å². The fourth-order valence-corrected chi connectivity index (χ4v) is 2.31. The molecule has 0 radical (unpaired) electrons. The summed E-state index contributed by atoms with van der Waals surface area (Å²) in [6.07, 6.45) is 6.72. The molecule has 1 aliphatic carbocycles. The lowest BCUT2D eigenvalue weighted by molar-refractivity contribution is 0.249. The number of hydrogen-bond acceptors (Lipinski definition) is 2. The third kappa shape index (κ3) is 2.17. The first kappa shape index (κ1) is 8.41. The predicted molar refractivity (Wildman–Crippen MR) is 46.3 cm³/mol. The second-order valence-electron chi connectivity index (χ2n) is 3.64. The van der Waals surface area contributed by atoms with E-state index < -0.39 is 0 Å². The van der Waals surface area contributed by atoms with E-state index in [-0.39, 0.29) is 0 Å². The summed E-state index contributed by atoms with van der Waals surface area (Å²) in [6.45, 7) is 2.29. The summed E-state index contributed by atoms with van der Waals surface area (Å²) < 4.78 is 8.70. The molecule has 1 N–H and O–H groups in total. The Morgan fingerprint density at radius 1 is 1.30 bits per heavy atom. The summed E-state index contributed by atoms with van der Waals surface area (Å²) in [5, 5.41) is 0. The molecule has 0 heterocycles. The quantitative estimate of drug-likeness (QED) is 0.626. The predicted octanol–water partition coefficient (Wildman–Crippen LogP) is 3.16. The maximum Gasteiger partial charge on any atom is 0.0249 e. The Balaban J connectivity index is 2.32. The molecule has 2 heteroatoms. The van der Waals surface area contributed by atoms with Gasteiger partial charge < -0.3 is 4.55 Å². The van der Waals surface area contributed by atoms with Crippen molar-refractivity contribution in [2.24, 2.45) is 5.41 Å². The van der Waals surface area contributed by atoms with Crippen molar-refractivity contribution in [2.75, 3.05) is 5.75 Å². The van der Waals surface area contributed by atoms with Gasteiger partial charge in [-0.05, 0) is 30.3 Å². The molecule has 0 aromatic carbocycles. The van der Waals surface area contributed by atoms with Crippen LogP contribution in [0.3, 0.4) is 0 Å². The molecule has 0 unspecified atom stereocenters. The normalized spacial score (nSPS) is 24.6. The maximum absolute atomic E-state index is 8.70. The van der Waals surface area contributed by atoms with Crippen molar-refractivity contribution in [1.29, 1.82) is 0 Å². The SMILES string of the molecule is CC1(CSO)CCCCC1. The lowest BCUT2D eigenvalue weighted by atomic mass is 9.77. The standard InChI is InChI=1S/C8H16OS/c1-8(7-10-9)5-3-2-4-6-8/h9H,2-7H2,1H3. The smallest absolute Gasteiger partial charge is 0.0249 e. The summed E-state index contributed by atoms with van der Waals surface area (Å²) in [7, 11) is 0. The first-order chi connectivity index (χ1) is 4.77. The van der Waals surface area contributed by atoms with Gasteiger partial charge in [-0.1, -0.05) is 26.2 Å². The Morgan fingerprint density at radius 2 is 1.90 bits per heavy atom.